The Balaban J connectivity index is 2.18. The van der Waals surface area contributed by atoms with Crippen LogP contribution in [0.4, 0.5) is 5.82 Å². The number of hydrogen-bond acceptors (Lipinski definition) is 4. The largest absolute Gasteiger partial charge is 0.491 e. The highest BCUT2D eigenvalue weighted by molar-refractivity contribution is 5.96. The molecule has 1 aromatic rings. The third-order valence-electron chi connectivity index (χ3n) is 5.66. The van der Waals surface area contributed by atoms with Crippen molar-refractivity contribution in [1.82, 2.24) is 14.8 Å². The van der Waals surface area contributed by atoms with Crippen molar-refractivity contribution in [3.8, 4) is 5.75 Å². The monoisotopic (exact) mass is 416 g/mol. The van der Waals surface area contributed by atoms with E-state index in [1.165, 1.54) is 19.3 Å². The summed E-state index contributed by atoms with van der Waals surface area (Å²) in [5, 5.41) is 0. The Kier molecular flexibility index (Phi) is 8.24. The van der Waals surface area contributed by atoms with Crippen molar-refractivity contribution in [1.29, 1.82) is 0 Å². The van der Waals surface area contributed by atoms with Gasteiger partial charge < -0.3 is 20.3 Å². The van der Waals surface area contributed by atoms with E-state index in [1.807, 2.05) is 20.2 Å². The molecule has 0 aromatic carbocycles. The van der Waals surface area contributed by atoms with E-state index < -0.39 is 0 Å². The number of hydrogen-bond donors (Lipinski definition) is 1. The molecule has 0 atom stereocenters. The topological polar surface area (TPSA) is 79.3 Å². The molecule has 30 heavy (non-hydrogen) atoms. The smallest absolute Gasteiger partial charge is 0.223 e. The summed E-state index contributed by atoms with van der Waals surface area (Å²) in [5.74, 6) is 2.48. The Morgan fingerprint density at radius 1 is 1.23 bits per heavy atom. The fourth-order valence-corrected chi connectivity index (χ4v) is 4.12. The molecule has 7 nitrogen and oxygen atoms in total. The molecule has 7 heteroatoms. The summed E-state index contributed by atoms with van der Waals surface area (Å²) in [4.78, 5) is 18.1. The molecule has 0 radical (unpaired) electrons. The van der Waals surface area contributed by atoms with Gasteiger partial charge in [0.05, 0.1) is 6.20 Å². The molecule has 0 saturated heterocycles. The summed E-state index contributed by atoms with van der Waals surface area (Å²) in [6.45, 7) is 12.6. The van der Waals surface area contributed by atoms with Gasteiger partial charge in [0.1, 0.15) is 18.2 Å². The highest BCUT2D eigenvalue weighted by atomic mass is 16.5. The van der Waals surface area contributed by atoms with Gasteiger partial charge in [-0.15, -0.1) is 0 Å². The van der Waals surface area contributed by atoms with Crippen molar-refractivity contribution in [2.45, 2.75) is 77.8 Å². The van der Waals surface area contributed by atoms with Gasteiger partial charge in [-0.25, -0.2) is 9.98 Å². The number of nitrogens with two attached hydrogens (primary N) is 1. The summed E-state index contributed by atoms with van der Waals surface area (Å²) >= 11 is 0. The fourth-order valence-electron chi connectivity index (χ4n) is 4.12. The number of likely N-dealkylation sites (N-methyl/N-ethyl adjacent to an activating group) is 1. The predicted molar refractivity (Wildman–Crippen MR) is 126 cm³/mol. The van der Waals surface area contributed by atoms with E-state index in [9.17, 15) is 0 Å². The number of guanidine groups is 1. The van der Waals surface area contributed by atoms with E-state index in [4.69, 9.17) is 15.5 Å². The van der Waals surface area contributed by atoms with Gasteiger partial charge >= 0.3 is 0 Å². The van der Waals surface area contributed by atoms with Gasteiger partial charge in [-0.1, -0.05) is 13.8 Å². The van der Waals surface area contributed by atoms with Crippen molar-refractivity contribution in [2.75, 3.05) is 27.2 Å². The molecule has 0 amide bonds. The minimum atomic E-state index is -0.0324. The third kappa shape index (κ3) is 6.17. The van der Waals surface area contributed by atoms with Crippen LogP contribution in [0.15, 0.2) is 28.3 Å². The number of nitrogens with zero attached hydrogens (tertiary/aromatic N) is 5. The second-order valence-corrected chi connectivity index (χ2v) is 9.29. The highest BCUT2D eigenvalue weighted by Crippen LogP contribution is 2.44. The normalized spacial score (nSPS) is 17.1. The Labute approximate surface area is 182 Å². The van der Waals surface area contributed by atoms with Crippen LogP contribution < -0.4 is 10.5 Å². The van der Waals surface area contributed by atoms with Crippen LogP contribution in [0.5, 0.6) is 5.75 Å². The first-order valence-electron chi connectivity index (χ1n) is 11.1. The lowest BCUT2D eigenvalue weighted by atomic mass is 9.71. The minimum absolute atomic E-state index is 0.0324. The van der Waals surface area contributed by atoms with Crippen LogP contribution in [0.3, 0.4) is 0 Å². The fraction of sp³-hybridized carbons (Fsp3) is 0.696. The van der Waals surface area contributed by atoms with Crippen LogP contribution in [0.2, 0.25) is 0 Å². The minimum Gasteiger partial charge on any atom is -0.491 e. The van der Waals surface area contributed by atoms with Crippen LogP contribution in [0.25, 0.3) is 0 Å². The molecule has 0 spiro atoms. The molecular formula is C23H40N6O. The van der Waals surface area contributed by atoms with Crippen LogP contribution in [-0.2, 0) is 0 Å². The van der Waals surface area contributed by atoms with E-state index in [1.54, 1.807) is 12.3 Å². The lowest BCUT2D eigenvalue weighted by Gasteiger charge is -2.57. The second-order valence-electron chi connectivity index (χ2n) is 9.29. The van der Waals surface area contributed by atoms with Gasteiger partial charge in [0.2, 0.25) is 5.96 Å². The Morgan fingerprint density at radius 2 is 1.93 bits per heavy atom. The Bertz CT molecular complexity index is 724. The summed E-state index contributed by atoms with van der Waals surface area (Å²) in [7, 11) is 4.03. The number of rotatable bonds is 8. The average Bonchev–Trinajstić information content (AvgIpc) is 2.63. The van der Waals surface area contributed by atoms with Crippen molar-refractivity contribution in [3.63, 3.8) is 0 Å². The predicted octanol–water partition coefficient (Wildman–Crippen LogP) is 4.21. The molecule has 1 saturated carbocycles. The first-order chi connectivity index (χ1) is 14.1. The molecule has 0 unspecified atom stereocenters. The Morgan fingerprint density at radius 3 is 2.37 bits per heavy atom. The number of ether oxygens (including phenoxy) is 1. The number of aliphatic imine (C=N–C) groups is 2. The van der Waals surface area contributed by atoms with Gasteiger partial charge in [0, 0.05) is 24.0 Å². The van der Waals surface area contributed by atoms with Crippen molar-refractivity contribution >= 4 is 17.6 Å². The maximum Gasteiger partial charge on any atom is 0.223 e. The van der Waals surface area contributed by atoms with E-state index in [0.29, 0.717) is 12.4 Å². The zero-order chi connectivity index (χ0) is 22.4. The third-order valence-corrected chi connectivity index (χ3v) is 5.66. The summed E-state index contributed by atoms with van der Waals surface area (Å²) in [5.41, 5.74) is 6.36. The van der Waals surface area contributed by atoms with Gasteiger partial charge in [0.15, 0.2) is 5.82 Å². The molecule has 1 aliphatic carbocycles. The van der Waals surface area contributed by atoms with E-state index in [-0.39, 0.29) is 17.0 Å². The van der Waals surface area contributed by atoms with Crippen LogP contribution in [0, 0.1) is 0 Å². The first-order valence-corrected chi connectivity index (χ1v) is 11.1. The highest BCUT2D eigenvalue weighted by Gasteiger charge is 2.46. The molecular weight excluding hydrogens is 376 g/mol. The summed E-state index contributed by atoms with van der Waals surface area (Å²) in [6, 6.07) is 3.67. The first kappa shape index (κ1) is 24.1. The molecule has 1 aromatic heterocycles. The van der Waals surface area contributed by atoms with E-state index >= 15 is 0 Å². The summed E-state index contributed by atoms with van der Waals surface area (Å²) in [6.07, 6.45) is 7.27. The molecule has 1 heterocycles. The van der Waals surface area contributed by atoms with Crippen LogP contribution in [0.1, 0.15) is 66.7 Å². The maximum absolute atomic E-state index is 6.22. The molecule has 2 N–H and O–H groups in total. The molecule has 2 rings (SSSR count). The zero-order valence-corrected chi connectivity index (χ0v) is 19.9. The van der Waals surface area contributed by atoms with Crippen molar-refractivity contribution < 1.29 is 4.74 Å². The quantitative estimate of drug-likeness (QED) is 0.507. The molecule has 1 aliphatic rings. The summed E-state index contributed by atoms with van der Waals surface area (Å²) < 4.78 is 5.68. The molecule has 0 bridgehead atoms. The number of aromatic nitrogens is 1. The van der Waals surface area contributed by atoms with E-state index in [2.05, 4.69) is 54.4 Å². The lowest BCUT2D eigenvalue weighted by Crippen LogP contribution is -2.62. The molecule has 1 fully saturated rings. The van der Waals surface area contributed by atoms with Gasteiger partial charge in [0.25, 0.3) is 0 Å². The lowest BCUT2D eigenvalue weighted by molar-refractivity contribution is 0.00999. The molecule has 0 aliphatic heterocycles. The van der Waals surface area contributed by atoms with Gasteiger partial charge in [-0.05, 0) is 72.7 Å². The maximum atomic E-state index is 6.22. The van der Waals surface area contributed by atoms with Gasteiger partial charge in [-0.2, -0.15) is 4.99 Å². The number of amidine groups is 1. The Hall–Kier alpha value is -2.15. The van der Waals surface area contributed by atoms with Gasteiger partial charge in [-0.3, -0.25) is 0 Å². The van der Waals surface area contributed by atoms with Crippen LogP contribution >= 0.6 is 0 Å². The number of pyridine rings is 1. The van der Waals surface area contributed by atoms with E-state index in [0.717, 1.165) is 31.0 Å². The average molecular weight is 417 g/mol. The van der Waals surface area contributed by atoms with Crippen molar-refractivity contribution in [3.05, 3.63) is 18.3 Å². The SMILES string of the molecule is CCC(=NC(N)=Nc1ccc(OCCN(C)C)cn1)N(C(C)(C)C)C1(CC)CCC1. The second kappa shape index (κ2) is 10.2. The molecule has 168 valence electrons. The van der Waals surface area contributed by atoms with Crippen molar-refractivity contribution in [2.24, 2.45) is 15.7 Å². The standard InChI is InChI=1S/C23H40N6O/c1-8-20(29(22(3,4)5)23(9-2)13-10-14-23)27-21(24)26-19-12-11-18(17-25-19)30-16-15-28(6)7/h11-12,17H,8-10,13-16H2,1-7H3,(H2,24,25,26). The zero-order valence-electron chi connectivity index (χ0n) is 19.9. The van der Waals surface area contributed by atoms with Crippen LogP contribution in [-0.4, -0.2) is 64.9 Å².